The molecule has 0 unspecified atom stereocenters. The van der Waals surface area contributed by atoms with Crippen LogP contribution in [0.2, 0.25) is 10.0 Å². The van der Waals surface area contributed by atoms with E-state index < -0.39 is 0 Å². The standard InChI is InChI=1S/C12H16Cl2N2O/c1-3-11(12(15)17)16-7(2)8-4-5-9(13)10(14)6-8/h4-7,11,16H,3H2,1-2H3,(H2,15,17)/t7-,11+/m1/s1. The highest BCUT2D eigenvalue weighted by Gasteiger charge is 2.16. The number of carbonyl (C=O) groups excluding carboxylic acids is 1. The summed E-state index contributed by atoms with van der Waals surface area (Å²) in [6, 6.07) is 5.05. The van der Waals surface area contributed by atoms with E-state index in [2.05, 4.69) is 5.32 Å². The Morgan fingerprint density at radius 3 is 2.53 bits per heavy atom. The van der Waals surface area contributed by atoms with Crippen LogP contribution in [0.3, 0.4) is 0 Å². The van der Waals surface area contributed by atoms with Gasteiger partial charge in [-0.15, -0.1) is 0 Å². The highest BCUT2D eigenvalue weighted by molar-refractivity contribution is 6.42. The van der Waals surface area contributed by atoms with E-state index in [0.717, 1.165) is 5.56 Å². The van der Waals surface area contributed by atoms with Crippen molar-refractivity contribution in [1.82, 2.24) is 5.32 Å². The summed E-state index contributed by atoms with van der Waals surface area (Å²) in [6.45, 7) is 3.86. The minimum atomic E-state index is -0.348. The quantitative estimate of drug-likeness (QED) is 0.868. The lowest BCUT2D eigenvalue weighted by molar-refractivity contribution is -0.120. The lowest BCUT2D eigenvalue weighted by atomic mass is 10.1. The van der Waals surface area contributed by atoms with Gasteiger partial charge in [-0.25, -0.2) is 0 Å². The minimum absolute atomic E-state index is 0.0118. The molecule has 1 aromatic carbocycles. The fourth-order valence-corrected chi connectivity index (χ4v) is 1.89. The van der Waals surface area contributed by atoms with Crippen molar-refractivity contribution in [3.05, 3.63) is 33.8 Å². The zero-order chi connectivity index (χ0) is 13.0. The fourth-order valence-electron chi connectivity index (χ4n) is 1.58. The average molecular weight is 275 g/mol. The maximum Gasteiger partial charge on any atom is 0.234 e. The minimum Gasteiger partial charge on any atom is -0.368 e. The number of nitrogens with two attached hydrogens (primary N) is 1. The second-order valence-corrected chi connectivity index (χ2v) is 4.74. The molecule has 0 aliphatic carbocycles. The maximum atomic E-state index is 11.1. The van der Waals surface area contributed by atoms with Gasteiger partial charge in [0.05, 0.1) is 16.1 Å². The first-order valence-corrected chi connectivity index (χ1v) is 6.21. The van der Waals surface area contributed by atoms with Crippen LogP contribution < -0.4 is 11.1 Å². The Labute approximate surface area is 111 Å². The first-order chi connectivity index (χ1) is 7.95. The number of hydrogen-bond donors (Lipinski definition) is 2. The third-order valence-electron chi connectivity index (χ3n) is 2.65. The van der Waals surface area contributed by atoms with Crippen molar-refractivity contribution in [3.8, 4) is 0 Å². The molecule has 0 bridgehead atoms. The molecule has 17 heavy (non-hydrogen) atoms. The highest BCUT2D eigenvalue weighted by Crippen LogP contribution is 2.25. The van der Waals surface area contributed by atoms with E-state index >= 15 is 0 Å². The summed E-state index contributed by atoms with van der Waals surface area (Å²) in [6.07, 6.45) is 0.654. The molecular weight excluding hydrogens is 259 g/mol. The molecule has 0 fully saturated rings. The van der Waals surface area contributed by atoms with Crippen LogP contribution in [0.25, 0.3) is 0 Å². The average Bonchev–Trinajstić information content (AvgIpc) is 2.28. The third-order valence-corrected chi connectivity index (χ3v) is 3.39. The summed E-state index contributed by atoms with van der Waals surface area (Å²) < 4.78 is 0. The Kier molecular flexibility index (Phi) is 5.25. The van der Waals surface area contributed by atoms with Gasteiger partial charge in [-0.1, -0.05) is 36.2 Å². The van der Waals surface area contributed by atoms with Gasteiger partial charge >= 0.3 is 0 Å². The van der Waals surface area contributed by atoms with Crippen LogP contribution in [0.1, 0.15) is 31.9 Å². The van der Waals surface area contributed by atoms with Crippen molar-refractivity contribution in [2.45, 2.75) is 32.4 Å². The van der Waals surface area contributed by atoms with Gasteiger partial charge in [-0.05, 0) is 31.0 Å². The lowest BCUT2D eigenvalue weighted by Crippen LogP contribution is -2.41. The third kappa shape index (κ3) is 3.87. The molecule has 3 N–H and O–H groups in total. The van der Waals surface area contributed by atoms with Gasteiger partial charge < -0.3 is 5.73 Å². The van der Waals surface area contributed by atoms with Crippen molar-refractivity contribution >= 4 is 29.1 Å². The molecule has 1 amide bonds. The van der Waals surface area contributed by atoms with Crippen LogP contribution in [0.15, 0.2) is 18.2 Å². The van der Waals surface area contributed by atoms with Crippen LogP contribution in [0, 0.1) is 0 Å². The highest BCUT2D eigenvalue weighted by atomic mass is 35.5. The molecule has 3 nitrogen and oxygen atoms in total. The molecule has 5 heteroatoms. The molecule has 0 radical (unpaired) electrons. The van der Waals surface area contributed by atoms with Gasteiger partial charge in [0.1, 0.15) is 0 Å². The molecule has 0 aliphatic rings. The molecule has 94 valence electrons. The first kappa shape index (κ1) is 14.3. The smallest absolute Gasteiger partial charge is 0.234 e. The van der Waals surface area contributed by atoms with Crippen molar-refractivity contribution < 1.29 is 4.79 Å². The molecule has 1 rings (SSSR count). The second-order valence-electron chi connectivity index (χ2n) is 3.93. The Hall–Kier alpha value is -0.770. The molecule has 0 heterocycles. The zero-order valence-electron chi connectivity index (χ0n) is 9.84. The van der Waals surface area contributed by atoms with Crippen LogP contribution in [0.5, 0.6) is 0 Å². The molecule has 1 aromatic rings. The Morgan fingerprint density at radius 2 is 2.06 bits per heavy atom. The van der Waals surface area contributed by atoms with Crippen LogP contribution in [-0.4, -0.2) is 11.9 Å². The Morgan fingerprint density at radius 1 is 1.41 bits per heavy atom. The van der Waals surface area contributed by atoms with E-state index in [1.54, 1.807) is 12.1 Å². The van der Waals surface area contributed by atoms with Gasteiger partial charge in [0, 0.05) is 6.04 Å². The van der Waals surface area contributed by atoms with Gasteiger partial charge in [0.15, 0.2) is 0 Å². The van der Waals surface area contributed by atoms with E-state index in [0.29, 0.717) is 16.5 Å². The number of nitrogens with one attached hydrogen (secondary N) is 1. The van der Waals surface area contributed by atoms with Crippen LogP contribution in [-0.2, 0) is 4.79 Å². The van der Waals surface area contributed by atoms with E-state index in [1.165, 1.54) is 0 Å². The fraction of sp³-hybridized carbons (Fsp3) is 0.417. The molecule has 0 spiro atoms. The topological polar surface area (TPSA) is 55.1 Å². The van der Waals surface area contributed by atoms with Gasteiger partial charge in [0.25, 0.3) is 0 Å². The number of benzene rings is 1. The summed E-state index contributed by atoms with van der Waals surface area (Å²) in [5, 5.41) is 4.18. The number of rotatable bonds is 5. The predicted octanol–water partition coefficient (Wildman–Crippen LogP) is 2.91. The second kappa shape index (κ2) is 6.24. The molecule has 0 aliphatic heterocycles. The van der Waals surface area contributed by atoms with E-state index in [-0.39, 0.29) is 18.0 Å². The van der Waals surface area contributed by atoms with E-state index in [9.17, 15) is 4.79 Å². The summed E-state index contributed by atoms with van der Waals surface area (Å²) in [5.74, 6) is -0.348. The number of hydrogen-bond acceptors (Lipinski definition) is 2. The summed E-state index contributed by atoms with van der Waals surface area (Å²) in [7, 11) is 0. The Balaban J connectivity index is 2.78. The zero-order valence-corrected chi connectivity index (χ0v) is 11.3. The number of amides is 1. The van der Waals surface area contributed by atoms with E-state index in [4.69, 9.17) is 28.9 Å². The monoisotopic (exact) mass is 274 g/mol. The normalized spacial score (nSPS) is 14.4. The number of carbonyl (C=O) groups is 1. The van der Waals surface area contributed by atoms with Gasteiger partial charge in [-0.3, -0.25) is 10.1 Å². The predicted molar refractivity (Wildman–Crippen MR) is 71.3 cm³/mol. The van der Waals surface area contributed by atoms with Crippen LogP contribution >= 0.6 is 23.2 Å². The molecule has 0 saturated heterocycles. The molecule has 0 saturated carbocycles. The first-order valence-electron chi connectivity index (χ1n) is 5.46. The van der Waals surface area contributed by atoms with Crippen molar-refractivity contribution in [2.75, 3.05) is 0 Å². The molecule has 2 atom stereocenters. The lowest BCUT2D eigenvalue weighted by Gasteiger charge is -2.20. The van der Waals surface area contributed by atoms with Crippen molar-refractivity contribution in [2.24, 2.45) is 5.73 Å². The van der Waals surface area contributed by atoms with Gasteiger partial charge in [0.2, 0.25) is 5.91 Å². The van der Waals surface area contributed by atoms with Crippen molar-refractivity contribution in [3.63, 3.8) is 0 Å². The summed E-state index contributed by atoms with van der Waals surface area (Å²) in [4.78, 5) is 11.1. The summed E-state index contributed by atoms with van der Waals surface area (Å²) >= 11 is 11.8. The Bertz CT molecular complexity index is 409. The van der Waals surface area contributed by atoms with E-state index in [1.807, 2.05) is 19.9 Å². The maximum absolute atomic E-state index is 11.1. The van der Waals surface area contributed by atoms with Crippen molar-refractivity contribution in [1.29, 1.82) is 0 Å². The molecule has 0 aromatic heterocycles. The SMILES string of the molecule is CC[C@H](N[C@H](C)c1ccc(Cl)c(Cl)c1)C(N)=O. The summed E-state index contributed by atoms with van der Waals surface area (Å²) in [5.41, 5.74) is 6.25. The number of primary amides is 1. The van der Waals surface area contributed by atoms with Crippen LogP contribution in [0.4, 0.5) is 0 Å². The number of halogens is 2. The largest absolute Gasteiger partial charge is 0.368 e. The molecular formula is C12H16Cl2N2O. The van der Waals surface area contributed by atoms with Gasteiger partial charge in [-0.2, -0.15) is 0 Å².